The predicted octanol–water partition coefficient (Wildman–Crippen LogP) is 3.30. The van der Waals surface area contributed by atoms with Gasteiger partial charge in [0, 0.05) is 17.5 Å². The standard InChI is InChI=1S/C11H18ClNO2S2/c1-5-11(2,3)13(4)17(14,15)10-6-7-16-9(10)8-12/h6-7H,5,8H2,1-4H3. The van der Waals surface area contributed by atoms with Crippen LogP contribution in [-0.4, -0.2) is 25.3 Å². The van der Waals surface area contributed by atoms with Crippen molar-refractivity contribution in [1.29, 1.82) is 0 Å². The number of hydrogen-bond donors (Lipinski definition) is 0. The molecule has 0 aromatic carbocycles. The monoisotopic (exact) mass is 295 g/mol. The molecule has 0 amide bonds. The maximum absolute atomic E-state index is 12.5. The van der Waals surface area contributed by atoms with Crippen LogP contribution in [0.1, 0.15) is 32.1 Å². The maximum atomic E-state index is 12.5. The van der Waals surface area contributed by atoms with Crippen LogP contribution < -0.4 is 0 Å². The van der Waals surface area contributed by atoms with Crippen LogP contribution in [0.2, 0.25) is 0 Å². The van der Waals surface area contributed by atoms with Crippen molar-refractivity contribution in [3.63, 3.8) is 0 Å². The first kappa shape index (κ1) is 15.0. The lowest BCUT2D eigenvalue weighted by molar-refractivity contribution is 0.257. The van der Waals surface area contributed by atoms with Gasteiger partial charge in [0.25, 0.3) is 0 Å². The SMILES string of the molecule is CCC(C)(C)N(C)S(=O)(=O)c1ccsc1CCl. The van der Waals surface area contributed by atoms with Gasteiger partial charge in [-0.05, 0) is 31.7 Å². The van der Waals surface area contributed by atoms with E-state index >= 15 is 0 Å². The third-order valence-corrected chi connectivity index (χ3v) is 6.81. The van der Waals surface area contributed by atoms with Crippen molar-refractivity contribution in [3.8, 4) is 0 Å². The Labute approximate surface area is 112 Å². The number of hydrogen-bond acceptors (Lipinski definition) is 3. The molecule has 1 aromatic heterocycles. The average Bonchev–Trinajstić information content (AvgIpc) is 2.76. The smallest absolute Gasteiger partial charge is 0.207 e. The van der Waals surface area contributed by atoms with E-state index in [-0.39, 0.29) is 5.88 Å². The molecule has 3 nitrogen and oxygen atoms in total. The molecule has 0 radical (unpaired) electrons. The quantitative estimate of drug-likeness (QED) is 0.782. The lowest BCUT2D eigenvalue weighted by Gasteiger charge is -2.33. The third kappa shape index (κ3) is 2.84. The Morgan fingerprint density at radius 2 is 2.06 bits per heavy atom. The first-order chi connectivity index (χ1) is 7.77. The molecule has 0 spiro atoms. The second-order valence-corrected chi connectivity index (χ2v) is 7.69. The van der Waals surface area contributed by atoms with Crippen molar-refractivity contribution >= 4 is 33.0 Å². The van der Waals surface area contributed by atoms with Gasteiger partial charge in [-0.3, -0.25) is 0 Å². The molecule has 0 N–H and O–H groups in total. The number of alkyl halides is 1. The largest absolute Gasteiger partial charge is 0.244 e. The summed E-state index contributed by atoms with van der Waals surface area (Å²) < 4.78 is 26.3. The fraction of sp³-hybridized carbons (Fsp3) is 0.636. The van der Waals surface area contributed by atoms with Gasteiger partial charge >= 0.3 is 0 Å². The maximum Gasteiger partial charge on any atom is 0.244 e. The summed E-state index contributed by atoms with van der Waals surface area (Å²) in [6.45, 7) is 5.80. The molecule has 0 aliphatic heterocycles. The Balaban J connectivity index is 3.21. The fourth-order valence-electron chi connectivity index (χ4n) is 1.35. The van der Waals surface area contributed by atoms with Crippen molar-refractivity contribution in [3.05, 3.63) is 16.3 Å². The fourth-order valence-corrected chi connectivity index (χ4v) is 4.60. The van der Waals surface area contributed by atoms with Crippen LogP contribution in [0.15, 0.2) is 16.3 Å². The van der Waals surface area contributed by atoms with E-state index in [4.69, 9.17) is 11.6 Å². The molecule has 0 unspecified atom stereocenters. The number of thiophene rings is 1. The van der Waals surface area contributed by atoms with Crippen LogP contribution in [0.4, 0.5) is 0 Å². The van der Waals surface area contributed by atoms with Gasteiger partial charge in [0.2, 0.25) is 10.0 Å². The van der Waals surface area contributed by atoms with Gasteiger partial charge in [0.15, 0.2) is 0 Å². The zero-order chi connectivity index (χ0) is 13.3. The van der Waals surface area contributed by atoms with Crippen molar-refractivity contribution in [2.24, 2.45) is 0 Å². The van der Waals surface area contributed by atoms with Crippen molar-refractivity contribution in [2.45, 2.75) is 43.5 Å². The van der Waals surface area contributed by atoms with Crippen LogP contribution in [0, 0.1) is 0 Å². The lowest BCUT2D eigenvalue weighted by atomic mass is 10.0. The van der Waals surface area contributed by atoms with Crippen LogP contribution in [-0.2, 0) is 15.9 Å². The Hall–Kier alpha value is -0.100. The van der Waals surface area contributed by atoms with E-state index < -0.39 is 15.6 Å². The van der Waals surface area contributed by atoms with Gasteiger partial charge in [-0.15, -0.1) is 22.9 Å². The molecule has 0 saturated carbocycles. The molecule has 0 saturated heterocycles. The minimum atomic E-state index is -3.45. The van der Waals surface area contributed by atoms with Crippen LogP contribution in [0.3, 0.4) is 0 Å². The normalized spacial score (nSPS) is 13.3. The zero-order valence-corrected chi connectivity index (χ0v) is 12.9. The Morgan fingerprint density at radius 3 is 2.53 bits per heavy atom. The molecule has 1 heterocycles. The zero-order valence-electron chi connectivity index (χ0n) is 10.5. The van der Waals surface area contributed by atoms with Gasteiger partial charge in [-0.1, -0.05) is 6.92 Å². The Morgan fingerprint density at radius 1 is 1.47 bits per heavy atom. The van der Waals surface area contributed by atoms with Crippen molar-refractivity contribution in [1.82, 2.24) is 4.31 Å². The van der Waals surface area contributed by atoms with E-state index in [0.717, 1.165) is 6.42 Å². The van der Waals surface area contributed by atoms with Gasteiger partial charge in [-0.2, -0.15) is 4.31 Å². The second kappa shape index (κ2) is 5.26. The summed E-state index contributed by atoms with van der Waals surface area (Å²) in [6, 6.07) is 1.62. The molecule has 0 fully saturated rings. The summed E-state index contributed by atoms with van der Waals surface area (Å²) >= 11 is 7.13. The number of nitrogens with zero attached hydrogens (tertiary/aromatic N) is 1. The van der Waals surface area contributed by atoms with Crippen LogP contribution in [0.5, 0.6) is 0 Å². The minimum Gasteiger partial charge on any atom is -0.207 e. The molecular weight excluding hydrogens is 278 g/mol. The van der Waals surface area contributed by atoms with E-state index in [1.54, 1.807) is 18.5 Å². The van der Waals surface area contributed by atoms with E-state index in [2.05, 4.69) is 0 Å². The van der Waals surface area contributed by atoms with Gasteiger partial charge in [0.05, 0.1) is 10.8 Å². The minimum absolute atomic E-state index is 0.229. The number of halogens is 1. The highest BCUT2D eigenvalue weighted by atomic mass is 35.5. The molecule has 98 valence electrons. The van der Waals surface area contributed by atoms with E-state index in [1.165, 1.54) is 15.6 Å². The van der Waals surface area contributed by atoms with Crippen LogP contribution >= 0.6 is 22.9 Å². The Kier molecular flexibility index (Phi) is 4.63. The summed E-state index contributed by atoms with van der Waals surface area (Å²) in [4.78, 5) is 1.03. The summed E-state index contributed by atoms with van der Waals surface area (Å²) in [5.41, 5.74) is -0.398. The molecule has 1 aromatic rings. The third-order valence-electron chi connectivity index (χ3n) is 3.18. The highest BCUT2D eigenvalue weighted by Crippen LogP contribution is 2.30. The number of sulfonamides is 1. The Bertz CT molecular complexity index is 479. The van der Waals surface area contributed by atoms with E-state index in [1.807, 2.05) is 20.8 Å². The molecule has 0 atom stereocenters. The highest BCUT2D eigenvalue weighted by Gasteiger charge is 2.34. The molecule has 1 rings (SSSR count). The first-order valence-corrected chi connectivity index (χ1v) is 8.24. The predicted molar refractivity (Wildman–Crippen MR) is 73.2 cm³/mol. The summed E-state index contributed by atoms with van der Waals surface area (Å²) in [5, 5.41) is 1.76. The molecule has 6 heteroatoms. The molecule has 0 aliphatic rings. The number of rotatable bonds is 5. The average molecular weight is 296 g/mol. The van der Waals surface area contributed by atoms with E-state index in [0.29, 0.717) is 9.77 Å². The molecule has 0 aliphatic carbocycles. The van der Waals surface area contributed by atoms with Crippen molar-refractivity contribution < 1.29 is 8.42 Å². The van der Waals surface area contributed by atoms with E-state index in [9.17, 15) is 8.42 Å². The topological polar surface area (TPSA) is 37.4 Å². The summed E-state index contributed by atoms with van der Waals surface area (Å²) in [6.07, 6.45) is 0.753. The lowest BCUT2D eigenvalue weighted by Crippen LogP contribution is -2.44. The summed E-state index contributed by atoms with van der Waals surface area (Å²) in [7, 11) is -1.83. The van der Waals surface area contributed by atoms with Crippen molar-refractivity contribution in [2.75, 3.05) is 7.05 Å². The first-order valence-electron chi connectivity index (χ1n) is 5.38. The highest BCUT2D eigenvalue weighted by molar-refractivity contribution is 7.89. The molecule has 17 heavy (non-hydrogen) atoms. The molecule has 0 bridgehead atoms. The van der Waals surface area contributed by atoms with Gasteiger partial charge in [-0.25, -0.2) is 8.42 Å². The summed E-state index contributed by atoms with van der Waals surface area (Å²) in [5.74, 6) is 0.229. The van der Waals surface area contributed by atoms with Crippen LogP contribution in [0.25, 0.3) is 0 Å². The van der Waals surface area contributed by atoms with Gasteiger partial charge in [0.1, 0.15) is 0 Å². The molecular formula is C11H18ClNO2S2. The van der Waals surface area contributed by atoms with Gasteiger partial charge < -0.3 is 0 Å². The second-order valence-electron chi connectivity index (χ2n) is 4.48.